The third-order valence-electron chi connectivity index (χ3n) is 4.55. The van der Waals surface area contributed by atoms with E-state index in [4.69, 9.17) is 18.9 Å². The van der Waals surface area contributed by atoms with Gasteiger partial charge in [-0.3, -0.25) is 0 Å². The number of hydrogen-bond donors (Lipinski definition) is 5. The van der Waals surface area contributed by atoms with Crippen molar-refractivity contribution in [2.75, 3.05) is 13.7 Å². The molecule has 0 aliphatic carbocycles. The van der Waals surface area contributed by atoms with E-state index < -0.39 is 43.3 Å². The van der Waals surface area contributed by atoms with Crippen molar-refractivity contribution in [3.63, 3.8) is 0 Å². The number of carbonyl (C=O) groups is 1. The van der Waals surface area contributed by atoms with Gasteiger partial charge in [0.05, 0.1) is 12.7 Å². The zero-order valence-electron chi connectivity index (χ0n) is 15.9. The van der Waals surface area contributed by atoms with Gasteiger partial charge in [-0.25, -0.2) is 4.79 Å². The summed E-state index contributed by atoms with van der Waals surface area (Å²) in [4.78, 5) is 12.1. The van der Waals surface area contributed by atoms with Crippen LogP contribution in [0.4, 0.5) is 0 Å². The Morgan fingerprint density at radius 2 is 1.70 bits per heavy atom. The average Bonchev–Trinajstić information content (AvgIpc) is 2.74. The van der Waals surface area contributed by atoms with Gasteiger partial charge in [0.25, 0.3) is 0 Å². The van der Waals surface area contributed by atoms with Crippen LogP contribution in [0, 0.1) is 0 Å². The minimum Gasteiger partial charge on any atom is -0.508 e. The maximum absolute atomic E-state index is 12.1. The van der Waals surface area contributed by atoms with E-state index in [9.17, 15) is 30.3 Å². The first kappa shape index (κ1) is 21.7. The fraction of sp³-hybridized carbons (Fsp3) is 0.350. The van der Waals surface area contributed by atoms with E-state index in [1.54, 1.807) is 0 Å². The number of phenols is 2. The van der Waals surface area contributed by atoms with E-state index in [1.165, 1.54) is 49.6 Å². The summed E-state index contributed by atoms with van der Waals surface area (Å²) in [6.45, 7) is -0.427. The summed E-state index contributed by atoms with van der Waals surface area (Å²) in [6.07, 6.45) is -7.34. The molecule has 2 aromatic carbocycles. The number of hydrogen-bond acceptors (Lipinski definition) is 10. The van der Waals surface area contributed by atoms with Gasteiger partial charge in [0.1, 0.15) is 42.5 Å². The van der Waals surface area contributed by atoms with Crippen LogP contribution in [0.1, 0.15) is 10.4 Å². The van der Waals surface area contributed by atoms with E-state index in [0.717, 1.165) is 0 Å². The van der Waals surface area contributed by atoms with Crippen LogP contribution in [-0.4, -0.2) is 75.9 Å². The number of rotatable bonds is 6. The van der Waals surface area contributed by atoms with Crippen molar-refractivity contribution in [2.24, 2.45) is 0 Å². The minimum atomic E-state index is -1.62. The molecule has 1 heterocycles. The first-order valence-electron chi connectivity index (χ1n) is 8.99. The van der Waals surface area contributed by atoms with Crippen LogP contribution in [0.25, 0.3) is 0 Å². The topological polar surface area (TPSA) is 155 Å². The highest BCUT2D eigenvalue weighted by atomic mass is 16.7. The zero-order valence-corrected chi connectivity index (χ0v) is 15.9. The normalized spacial score (nSPS) is 26.1. The summed E-state index contributed by atoms with van der Waals surface area (Å²) in [7, 11) is 1.35. The second kappa shape index (κ2) is 9.18. The molecule has 0 aromatic heterocycles. The largest absolute Gasteiger partial charge is 0.508 e. The van der Waals surface area contributed by atoms with Crippen molar-refractivity contribution in [3.8, 4) is 23.0 Å². The van der Waals surface area contributed by atoms with Crippen molar-refractivity contribution < 1.29 is 49.3 Å². The highest BCUT2D eigenvalue weighted by Gasteiger charge is 2.45. The first-order chi connectivity index (χ1) is 14.3. The molecule has 0 bridgehead atoms. The molecule has 0 amide bonds. The Labute approximate surface area is 171 Å². The Balaban J connectivity index is 1.66. The summed E-state index contributed by atoms with van der Waals surface area (Å²) in [6, 6.07) is 9.41. The van der Waals surface area contributed by atoms with E-state index in [1.807, 2.05) is 0 Å². The number of methoxy groups -OCH3 is 1. The molecule has 162 valence electrons. The Hall–Kier alpha value is -3.05. The van der Waals surface area contributed by atoms with Crippen molar-refractivity contribution in [1.82, 2.24) is 0 Å². The lowest BCUT2D eigenvalue weighted by atomic mass is 9.99. The van der Waals surface area contributed by atoms with Crippen LogP contribution in [0.15, 0.2) is 42.5 Å². The Morgan fingerprint density at radius 1 is 1.00 bits per heavy atom. The number of ether oxygens (including phenoxy) is 4. The molecule has 0 spiro atoms. The third-order valence-corrected chi connectivity index (χ3v) is 4.55. The Bertz CT molecular complexity index is 868. The van der Waals surface area contributed by atoms with Crippen molar-refractivity contribution in [3.05, 3.63) is 48.0 Å². The van der Waals surface area contributed by atoms with Crippen LogP contribution in [-0.2, 0) is 9.47 Å². The van der Waals surface area contributed by atoms with Gasteiger partial charge in [-0.1, -0.05) is 0 Å². The number of phenolic OH excluding ortho intramolecular Hbond substituents is 2. The van der Waals surface area contributed by atoms with E-state index in [2.05, 4.69) is 0 Å². The highest BCUT2D eigenvalue weighted by molar-refractivity contribution is 5.89. The van der Waals surface area contributed by atoms with Crippen molar-refractivity contribution in [2.45, 2.75) is 30.7 Å². The van der Waals surface area contributed by atoms with E-state index in [0.29, 0.717) is 0 Å². The number of esters is 1. The summed E-state index contributed by atoms with van der Waals surface area (Å²) in [5, 5.41) is 49.4. The molecule has 30 heavy (non-hydrogen) atoms. The molecule has 1 aliphatic rings. The van der Waals surface area contributed by atoms with Gasteiger partial charge >= 0.3 is 5.97 Å². The van der Waals surface area contributed by atoms with Gasteiger partial charge in [-0.05, 0) is 36.4 Å². The molecule has 1 fully saturated rings. The molecule has 10 nitrogen and oxygen atoms in total. The zero-order chi connectivity index (χ0) is 21.8. The highest BCUT2D eigenvalue weighted by Crippen LogP contribution is 2.32. The standard InChI is InChI=1S/C20H22O10/c1-27-14-8-12(6-7-13(14)22)29-20-18(25)17(24)16(23)15(30-20)9-28-19(26)10-2-4-11(21)5-3-10/h2-8,15-18,20-25H,9H2,1H3. The van der Waals surface area contributed by atoms with Crippen molar-refractivity contribution in [1.29, 1.82) is 0 Å². The fourth-order valence-electron chi connectivity index (χ4n) is 2.86. The predicted molar refractivity (Wildman–Crippen MR) is 100 cm³/mol. The van der Waals surface area contributed by atoms with E-state index in [-0.39, 0.29) is 28.6 Å². The molecule has 2 aromatic rings. The molecule has 5 atom stereocenters. The molecule has 1 aliphatic heterocycles. The molecule has 0 saturated carbocycles. The molecule has 5 N–H and O–H groups in total. The maximum Gasteiger partial charge on any atom is 0.338 e. The van der Waals surface area contributed by atoms with Crippen molar-refractivity contribution >= 4 is 5.97 Å². The molecule has 0 radical (unpaired) electrons. The molecular weight excluding hydrogens is 400 g/mol. The van der Waals surface area contributed by atoms with Gasteiger partial charge in [0.15, 0.2) is 11.5 Å². The van der Waals surface area contributed by atoms with Gasteiger partial charge in [-0.2, -0.15) is 0 Å². The smallest absolute Gasteiger partial charge is 0.338 e. The Morgan fingerprint density at radius 3 is 2.37 bits per heavy atom. The third kappa shape index (κ3) is 4.74. The summed E-state index contributed by atoms with van der Waals surface area (Å²) in [5.41, 5.74) is 0.169. The first-order valence-corrected chi connectivity index (χ1v) is 8.99. The number of aliphatic hydroxyl groups excluding tert-OH is 3. The number of carbonyl (C=O) groups excluding carboxylic acids is 1. The maximum atomic E-state index is 12.1. The number of aromatic hydroxyl groups is 2. The molecule has 10 heteroatoms. The van der Waals surface area contributed by atoms with Crippen LogP contribution < -0.4 is 9.47 Å². The number of benzene rings is 2. The van der Waals surface area contributed by atoms with Gasteiger partial charge < -0.3 is 44.5 Å². The molecule has 1 saturated heterocycles. The predicted octanol–water partition coefficient (Wildman–Crippen LogP) is 0.150. The molecule has 5 unspecified atom stereocenters. The average molecular weight is 422 g/mol. The van der Waals surface area contributed by atoms with Crippen LogP contribution >= 0.6 is 0 Å². The van der Waals surface area contributed by atoms with Gasteiger partial charge in [0.2, 0.25) is 6.29 Å². The fourth-order valence-corrected chi connectivity index (χ4v) is 2.86. The molecule has 3 rings (SSSR count). The second-order valence-corrected chi connectivity index (χ2v) is 6.61. The van der Waals surface area contributed by atoms with Crippen LogP contribution in [0.5, 0.6) is 23.0 Å². The Kier molecular flexibility index (Phi) is 6.63. The van der Waals surface area contributed by atoms with Crippen LogP contribution in [0.2, 0.25) is 0 Å². The monoisotopic (exact) mass is 422 g/mol. The van der Waals surface area contributed by atoms with Gasteiger partial charge in [0, 0.05) is 6.07 Å². The van der Waals surface area contributed by atoms with Gasteiger partial charge in [-0.15, -0.1) is 0 Å². The lowest BCUT2D eigenvalue weighted by Crippen LogP contribution is -2.60. The quantitative estimate of drug-likeness (QED) is 0.406. The second-order valence-electron chi connectivity index (χ2n) is 6.61. The van der Waals surface area contributed by atoms with E-state index >= 15 is 0 Å². The minimum absolute atomic E-state index is 0.0134. The summed E-state index contributed by atoms with van der Waals surface area (Å²) in [5.74, 6) is -0.577. The summed E-state index contributed by atoms with van der Waals surface area (Å²) < 4.78 is 21.1. The lowest BCUT2D eigenvalue weighted by Gasteiger charge is -2.39. The van der Waals surface area contributed by atoms with Crippen LogP contribution in [0.3, 0.4) is 0 Å². The lowest BCUT2D eigenvalue weighted by molar-refractivity contribution is -0.277. The SMILES string of the molecule is COc1cc(OC2OC(COC(=O)c3ccc(O)cc3)C(O)C(O)C2O)ccc1O. The summed E-state index contributed by atoms with van der Waals surface area (Å²) >= 11 is 0. The number of aliphatic hydroxyl groups is 3. The molecular formula is C20H22O10.